The second kappa shape index (κ2) is 7.72. The van der Waals surface area contributed by atoms with Crippen molar-refractivity contribution in [1.82, 2.24) is 4.98 Å². The third-order valence-corrected chi connectivity index (χ3v) is 5.37. The molecule has 0 fully saturated rings. The van der Waals surface area contributed by atoms with Crippen molar-refractivity contribution in [3.8, 4) is 11.3 Å². The number of benzene rings is 2. The summed E-state index contributed by atoms with van der Waals surface area (Å²) in [6.45, 7) is 0. The number of nitrogens with zero attached hydrogens (tertiary/aromatic N) is 1. The lowest BCUT2D eigenvalue weighted by molar-refractivity contribution is -0.117. The number of nitrogens with two attached hydrogens (primary N) is 1. The van der Waals surface area contributed by atoms with Gasteiger partial charge in [0.2, 0.25) is 5.91 Å². The summed E-state index contributed by atoms with van der Waals surface area (Å²) in [4.78, 5) is 15.9. The lowest BCUT2D eigenvalue weighted by atomic mass is 9.96. The Morgan fingerprint density at radius 1 is 1.11 bits per heavy atom. The fraction of sp³-hybridized carbons (Fsp3) is 0.217. The molecule has 0 spiro atoms. The van der Waals surface area contributed by atoms with Crippen LogP contribution in [0, 0.1) is 5.82 Å². The third-order valence-electron chi connectivity index (χ3n) is 5.14. The smallest absolute Gasteiger partial charge is 0.221 e. The molecule has 2 aromatic carbocycles. The van der Waals surface area contributed by atoms with E-state index in [-0.39, 0.29) is 6.42 Å². The van der Waals surface area contributed by atoms with E-state index < -0.39 is 11.7 Å². The number of aryl methyl sites for hydroxylation is 1. The van der Waals surface area contributed by atoms with Gasteiger partial charge >= 0.3 is 0 Å². The molecule has 5 heteroatoms. The molecule has 2 N–H and O–H groups in total. The Bertz CT molecular complexity index is 1060. The second-order valence-electron chi connectivity index (χ2n) is 7.20. The van der Waals surface area contributed by atoms with E-state index in [0.29, 0.717) is 17.0 Å². The van der Waals surface area contributed by atoms with Crippen LogP contribution in [0.1, 0.15) is 34.4 Å². The molecule has 3 nitrogen and oxygen atoms in total. The summed E-state index contributed by atoms with van der Waals surface area (Å²) in [5, 5.41) is 0.674. The summed E-state index contributed by atoms with van der Waals surface area (Å²) in [6.07, 6.45) is 3.57. The number of hydrogen-bond acceptors (Lipinski definition) is 2. The van der Waals surface area contributed by atoms with Gasteiger partial charge in [0, 0.05) is 16.3 Å². The van der Waals surface area contributed by atoms with Crippen LogP contribution >= 0.6 is 11.6 Å². The van der Waals surface area contributed by atoms with Crippen LogP contribution in [-0.2, 0) is 30.5 Å². The number of carbonyl (C=O) groups is 1. The number of primary amides is 1. The zero-order valence-corrected chi connectivity index (χ0v) is 16.1. The van der Waals surface area contributed by atoms with E-state index in [0.717, 1.165) is 41.8 Å². The van der Waals surface area contributed by atoms with Gasteiger partial charge in [0.05, 0.1) is 12.1 Å². The molecule has 28 heavy (non-hydrogen) atoms. The summed E-state index contributed by atoms with van der Waals surface area (Å²) >= 11 is 6.15. The van der Waals surface area contributed by atoms with Gasteiger partial charge in [-0.15, -0.1) is 0 Å². The van der Waals surface area contributed by atoms with Crippen LogP contribution in [0.5, 0.6) is 0 Å². The van der Waals surface area contributed by atoms with Gasteiger partial charge in [-0.1, -0.05) is 35.9 Å². The normalized spacial score (nSPS) is 12.8. The van der Waals surface area contributed by atoms with Crippen molar-refractivity contribution in [2.45, 2.75) is 32.1 Å². The number of halogens is 2. The molecule has 142 valence electrons. The molecule has 0 atom stereocenters. The highest BCUT2D eigenvalue weighted by Gasteiger charge is 2.19. The summed E-state index contributed by atoms with van der Waals surface area (Å²) in [7, 11) is 0. The molecular weight excluding hydrogens is 375 g/mol. The number of aromatic nitrogens is 1. The molecular formula is C23H20ClFN2O. The highest BCUT2D eigenvalue weighted by atomic mass is 35.5. The minimum absolute atomic E-state index is 0.0876. The van der Waals surface area contributed by atoms with Crippen LogP contribution in [-0.4, -0.2) is 10.9 Å². The molecule has 1 amide bonds. The van der Waals surface area contributed by atoms with E-state index in [1.807, 2.05) is 30.3 Å². The van der Waals surface area contributed by atoms with Crippen LogP contribution in [0.4, 0.5) is 4.39 Å². The minimum atomic E-state index is -0.537. The van der Waals surface area contributed by atoms with Gasteiger partial charge in [-0.25, -0.2) is 4.39 Å². The molecule has 0 aliphatic heterocycles. The van der Waals surface area contributed by atoms with E-state index in [9.17, 15) is 9.18 Å². The maximum atomic E-state index is 14.3. The molecule has 0 saturated carbocycles. The number of rotatable bonds is 5. The van der Waals surface area contributed by atoms with Crippen molar-refractivity contribution < 1.29 is 9.18 Å². The van der Waals surface area contributed by atoms with Gasteiger partial charge in [-0.05, 0) is 72.2 Å². The maximum Gasteiger partial charge on any atom is 0.221 e. The Morgan fingerprint density at radius 3 is 2.71 bits per heavy atom. The Kier molecular flexibility index (Phi) is 5.14. The summed E-state index contributed by atoms with van der Waals surface area (Å²) in [6, 6.07) is 14.8. The van der Waals surface area contributed by atoms with E-state index in [2.05, 4.69) is 6.07 Å². The van der Waals surface area contributed by atoms with E-state index in [1.54, 1.807) is 6.07 Å². The van der Waals surface area contributed by atoms with Gasteiger partial charge in [-0.2, -0.15) is 0 Å². The first-order valence-corrected chi connectivity index (χ1v) is 9.70. The first-order chi connectivity index (χ1) is 13.5. The lowest BCUT2D eigenvalue weighted by Crippen LogP contribution is -2.14. The summed E-state index contributed by atoms with van der Waals surface area (Å²) in [5.41, 5.74) is 11.8. The standard InChI is InChI=1S/C23H20ClFN2O/c24-18-4-1-3-16(11-18)22-12-17(19-5-2-6-21(19)27-22)9-14-7-8-15(13-23(26)28)20(25)10-14/h1,3-4,7-8,10-12H,2,5-6,9,13H2,(H2,26,28). The molecule has 1 aromatic heterocycles. The Hall–Kier alpha value is -2.72. The topological polar surface area (TPSA) is 56.0 Å². The predicted molar refractivity (Wildman–Crippen MR) is 109 cm³/mol. The van der Waals surface area contributed by atoms with E-state index >= 15 is 0 Å². The Labute approximate surface area is 168 Å². The fourth-order valence-electron chi connectivity index (χ4n) is 3.83. The molecule has 1 heterocycles. The average Bonchev–Trinajstić information content (AvgIpc) is 3.12. The van der Waals surface area contributed by atoms with Gasteiger partial charge < -0.3 is 5.73 Å². The Balaban J connectivity index is 1.70. The van der Waals surface area contributed by atoms with Gasteiger partial charge in [0.1, 0.15) is 5.82 Å². The van der Waals surface area contributed by atoms with Crippen molar-refractivity contribution >= 4 is 17.5 Å². The minimum Gasteiger partial charge on any atom is -0.369 e. The van der Waals surface area contributed by atoms with Crippen LogP contribution in [0.2, 0.25) is 5.02 Å². The molecule has 0 saturated heterocycles. The summed E-state index contributed by atoms with van der Waals surface area (Å²) < 4.78 is 14.3. The first kappa shape index (κ1) is 18.6. The zero-order valence-electron chi connectivity index (χ0n) is 15.3. The van der Waals surface area contributed by atoms with Gasteiger partial charge in [-0.3, -0.25) is 9.78 Å². The zero-order chi connectivity index (χ0) is 19.7. The fourth-order valence-corrected chi connectivity index (χ4v) is 4.02. The molecule has 0 radical (unpaired) electrons. The Morgan fingerprint density at radius 2 is 1.96 bits per heavy atom. The monoisotopic (exact) mass is 394 g/mol. The molecule has 0 bridgehead atoms. The molecule has 0 unspecified atom stereocenters. The van der Waals surface area contributed by atoms with Crippen LogP contribution in [0.3, 0.4) is 0 Å². The van der Waals surface area contributed by atoms with E-state index in [4.69, 9.17) is 22.3 Å². The first-order valence-electron chi connectivity index (χ1n) is 9.33. The number of fused-ring (bicyclic) bond motifs is 1. The number of amides is 1. The third kappa shape index (κ3) is 3.92. The number of hydrogen-bond donors (Lipinski definition) is 1. The second-order valence-corrected chi connectivity index (χ2v) is 7.64. The van der Waals surface area contributed by atoms with Crippen LogP contribution in [0.25, 0.3) is 11.3 Å². The largest absolute Gasteiger partial charge is 0.369 e. The summed E-state index contributed by atoms with van der Waals surface area (Å²) in [5.74, 6) is -0.929. The van der Waals surface area contributed by atoms with E-state index in [1.165, 1.54) is 17.2 Å². The molecule has 1 aliphatic carbocycles. The highest BCUT2D eigenvalue weighted by Crippen LogP contribution is 2.31. The van der Waals surface area contributed by atoms with Crippen molar-refractivity contribution in [1.29, 1.82) is 0 Å². The maximum absolute atomic E-state index is 14.3. The molecule has 3 aromatic rings. The van der Waals surface area contributed by atoms with Crippen molar-refractivity contribution in [2.75, 3.05) is 0 Å². The quantitative estimate of drug-likeness (QED) is 0.684. The molecule has 4 rings (SSSR count). The molecule has 1 aliphatic rings. The average molecular weight is 395 g/mol. The van der Waals surface area contributed by atoms with Crippen LogP contribution in [0.15, 0.2) is 48.5 Å². The van der Waals surface area contributed by atoms with Crippen LogP contribution < -0.4 is 5.73 Å². The number of pyridine rings is 1. The van der Waals surface area contributed by atoms with Crippen molar-refractivity contribution in [2.24, 2.45) is 5.73 Å². The van der Waals surface area contributed by atoms with Gasteiger partial charge in [0.15, 0.2) is 0 Å². The number of carbonyl (C=O) groups excluding carboxylic acids is 1. The van der Waals surface area contributed by atoms with Gasteiger partial charge in [0.25, 0.3) is 0 Å². The van der Waals surface area contributed by atoms with Crippen molar-refractivity contribution in [3.05, 3.63) is 87.3 Å². The van der Waals surface area contributed by atoms with Crippen molar-refractivity contribution in [3.63, 3.8) is 0 Å². The predicted octanol–water partition coefficient (Wildman–Crippen LogP) is 4.65. The lowest BCUT2D eigenvalue weighted by Gasteiger charge is -2.13. The SMILES string of the molecule is NC(=O)Cc1ccc(Cc2cc(-c3cccc(Cl)c3)nc3c2CCC3)cc1F. The highest BCUT2D eigenvalue weighted by molar-refractivity contribution is 6.30.